The van der Waals surface area contributed by atoms with Crippen molar-refractivity contribution in [3.05, 3.63) is 83.5 Å². The number of halogens is 3. The molecule has 0 aromatic heterocycles. The zero-order valence-corrected chi connectivity index (χ0v) is 27.1. The molecular weight excluding hydrogens is 674 g/mol. The van der Waals surface area contributed by atoms with Gasteiger partial charge in [-0.1, -0.05) is 71.7 Å². The SMILES string of the molecule is CN1C2=C(C(=O)CC(C)(C)C2)C(c2cc(Br)cc(Br)c2OCc2ccc(Br)cc2)C2=C1CC(C)(C)CC2=O. The first-order chi connectivity index (χ1) is 17.8. The van der Waals surface area contributed by atoms with Crippen LogP contribution in [-0.4, -0.2) is 23.5 Å². The molecule has 0 radical (unpaired) electrons. The molecule has 200 valence electrons. The molecule has 2 aromatic rings. The average Bonchev–Trinajstić information content (AvgIpc) is 2.79. The number of carbonyl (C=O) groups excluding carboxylic acids is 2. The highest BCUT2D eigenvalue weighted by Crippen LogP contribution is 2.56. The first-order valence-corrected chi connectivity index (χ1v) is 15.3. The van der Waals surface area contributed by atoms with E-state index >= 15 is 0 Å². The molecule has 0 saturated heterocycles. The Kier molecular flexibility index (Phi) is 7.36. The molecule has 7 heteroatoms. The van der Waals surface area contributed by atoms with Gasteiger partial charge in [0.25, 0.3) is 0 Å². The average molecular weight is 706 g/mol. The summed E-state index contributed by atoms with van der Waals surface area (Å²) in [6, 6.07) is 12.0. The van der Waals surface area contributed by atoms with E-state index < -0.39 is 5.92 Å². The van der Waals surface area contributed by atoms with Crippen molar-refractivity contribution >= 4 is 59.4 Å². The normalized spacial score (nSPS) is 21.0. The van der Waals surface area contributed by atoms with Crippen molar-refractivity contribution in [2.75, 3.05) is 7.05 Å². The van der Waals surface area contributed by atoms with Gasteiger partial charge in [-0.15, -0.1) is 0 Å². The van der Waals surface area contributed by atoms with Crippen LogP contribution in [0.4, 0.5) is 0 Å². The standard InChI is InChI=1S/C31H32Br3NO3/c1-30(2)12-22-27(24(36)14-30)26(28-23(35(22)5)13-31(3,4)15-25(28)37)20-10-19(33)11-21(34)29(20)38-16-17-6-8-18(32)9-7-17/h6-11,26H,12-16H2,1-5H3. The number of ether oxygens (including phenoxy) is 1. The van der Waals surface area contributed by atoms with Gasteiger partial charge in [0.1, 0.15) is 12.4 Å². The molecule has 38 heavy (non-hydrogen) atoms. The fraction of sp³-hybridized carbons (Fsp3) is 0.419. The number of rotatable bonds is 4. The summed E-state index contributed by atoms with van der Waals surface area (Å²) in [6.45, 7) is 8.98. The lowest BCUT2D eigenvalue weighted by Gasteiger charge is -2.48. The van der Waals surface area contributed by atoms with Gasteiger partial charge >= 0.3 is 0 Å². The third-order valence-corrected chi connectivity index (χ3v) is 9.40. The second kappa shape index (κ2) is 10.0. The van der Waals surface area contributed by atoms with E-state index in [-0.39, 0.29) is 22.4 Å². The molecule has 0 unspecified atom stereocenters. The molecule has 4 nitrogen and oxygen atoms in total. The second-order valence-electron chi connectivity index (χ2n) is 12.3. The highest BCUT2D eigenvalue weighted by molar-refractivity contribution is 9.11. The van der Waals surface area contributed by atoms with E-state index in [1.165, 1.54) is 0 Å². The molecule has 0 atom stereocenters. The van der Waals surface area contributed by atoms with E-state index in [1.807, 2.05) is 43.4 Å². The molecule has 0 fully saturated rings. The fourth-order valence-electron chi connectivity index (χ4n) is 6.16. The summed E-state index contributed by atoms with van der Waals surface area (Å²) in [7, 11) is 2.03. The monoisotopic (exact) mass is 703 g/mol. The van der Waals surface area contributed by atoms with Gasteiger partial charge in [-0.05, 0) is 69.4 Å². The van der Waals surface area contributed by atoms with Crippen LogP contribution in [0.5, 0.6) is 5.75 Å². The van der Waals surface area contributed by atoms with Crippen LogP contribution in [0, 0.1) is 10.8 Å². The number of hydrogen-bond donors (Lipinski definition) is 0. The lowest BCUT2D eigenvalue weighted by molar-refractivity contribution is -0.119. The number of nitrogens with zero attached hydrogens (tertiary/aromatic N) is 1. The van der Waals surface area contributed by atoms with Crippen LogP contribution >= 0.6 is 47.8 Å². The number of Topliss-reactive ketones (excluding diaryl/α,β-unsaturated/α-hetero) is 2. The highest BCUT2D eigenvalue weighted by atomic mass is 79.9. The van der Waals surface area contributed by atoms with E-state index in [0.717, 1.165) is 59.9 Å². The lowest BCUT2D eigenvalue weighted by atomic mass is 9.63. The van der Waals surface area contributed by atoms with E-state index in [0.29, 0.717) is 25.2 Å². The van der Waals surface area contributed by atoms with Crippen LogP contribution in [0.2, 0.25) is 0 Å². The van der Waals surface area contributed by atoms with Crippen LogP contribution in [0.3, 0.4) is 0 Å². The number of ketones is 2. The molecule has 0 saturated carbocycles. The van der Waals surface area contributed by atoms with Crippen molar-refractivity contribution in [3.8, 4) is 5.75 Å². The molecule has 2 aromatic carbocycles. The van der Waals surface area contributed by atoms with Crippen LogP contribution < -0.4 is 4.74 Å². The fourth-order valence-corrected chi connectivity index (χ4v) is 7.80. The van der Waals surface area contributed by atoms with Crippen molar-refractivity contribution in [1.29, 1.82) is 0 Å². The Bertz CT molecular complexity index is 1350. The summed E-state index contributed by atoms with van der Waals surface area (Å²) in [5.74, 6) is 0.441. The quantitative estimate of drug-likeness (QED) is 0.319. The molecule has 1 aliphatic heterocycles. The molecule has 3 aliphatic rings. The predicted molar refractivity (Wildman–Crippen MR) is 161 cm³/mol. The Morgan fingerprint density at radius 1 is 0.816 bits per heavy atom. The third kappa shape index (κ3) is 5.23. The van der Waals surface area contributed by atoms with Gasteiger partial charge < -0.3 is 9.64 Å². The van der Waals surface area contributed by atoms with Crippen LogP contribution in [0.1, 0.15) is 70.4 Å². The zero-order chi connectivity index (χ0) is 27.6. The smallest absolute Gasteiger partial charge is 0.162 e. The molecule has 0 N–H and O–H groups in total. The first-order valence-electron chi connectivity index (χ1n) is 12.9. The van der Waals surface area contributed by atoms with Crippen molar-refractivity contribution in [1.82, 2.24) is 4.90 Å². The van der Waals surface area contributed by atoms with Gasteiger partial charge in [-0.2, -0.15) is 0 Å². The van der Waals surface area contributed by atoms with Gasteiger partial charge in [0.2, 0.25) is 0 Å². The van der Waals surface area contributed by atoms with Crippen molar-refractivity contribution < 1.29 is 14.3 Å². The maximum absolute atomic E-state index is 13.9. The zero-order valence-electron chi connectivity index (χ0n) is 22.4. The summed E-state index contributed by atoms with van der Waals surface area (Å²) in [4.78, 5) is 29.9. The highest BCUT2D eigenvalue weighted by Gasteiger charge is 2.49. The Labute approximate surface area is 250 Å². The predicted octanol–water partition coefficient (Wildman–Crippen LogP) is 8.87. The molecule has 2 aliphatic carbocycles. The summed E-state index contributed by atoms with van der Waals surface area (Å²) in [5.41, 5.74) is 5.17. The van der Waals surface area contributed by atoms with Gasteiger partial charge in [-0.3, -0.25) is 9.59 Å². The Morgan fingerprint density at radius 3 is 1.87 bits per heavy atom. The minimum absolute atomic E-state index is 0.118. The topological polar surface area (TPSA) is 46.6 Å². The van der Waals surface area contributed by atoms with Gasteiger partial charge in [-0.25, -0.2) is 0 Å². The molecule has 0 spiro atoms. The summed E-state index contributed by atoms with van der Waals surface area (Å²) in [5, 5.41) is 0. The van der Waals surface area contributed by atoms with Crippen LogP contribution in [-0.2, 0) is 16.2 Å². The minimum Gasteiger partial charge on any atom is -0.487 e. The Balaban J connectivity index is 1.70. The van der Waals surface area contributed by atoms with Crippen LogP contribution in [0.15, 0.2) is 72.4 Å². The Morgan fingerprint density at radius 2 is 1.34 bits per heavy atom. The second-order valence-corrected chi connectivity index (χ2v) is 15.0. The van der Waals surface area contributed by atoms with Crippen molar-refractivity contribution in [2.45, 2.75) is 65.9 Å². The summed E-state index contributed by atoms with van der Waals surface area (Å²) < 4.78 is 9.14. The Hall–Kier alpha value is -1.70. The number of allylic oxidation sites excluding steroid dienone is 4. The lowest BCUT2D eigenvalue weighted by Crippen LogP contribution is -2.43. The van der Waals surface area contributed by atoms with E-state index in [2.05, 4.69) is 80.4 Å². The number of carbonyl (C=O) groups is 2. The van der Waals surface area contributed by atoms with Gasteiger partial charge in [0.15, 0.2) is 11.6 Å². The van der Waals surface area contributed by atoms with E-state index in [1.54, 1.807) is 0 Å². The molecule has 0 bridgehead atoms. The van der Waals surface area contributed by atoms with Crippen molar-refractivity contribution in [3.63, 3.8) is 0 Å². The van der Waals surface area contributed by atoms with Crippen molar-refractivity contribution in [2.24, 2.45) is 10.8 Å². The largest absolute Gasteiger partial charge is 0.487 e. The molecule has 1 heterocycles. The number of hydrogen-bond acceptors (Lipinski definition) is 4. The minimum atomic E-state index is -0.461. The van der Waals surface area contributed by atoms with Crippen LogP contribution in [0.25, 0.3) is 0 Å². The third-order valence-electron chi connectivity index (χ3n) is 7.82. The summed E-state index contributed by atoms with van der Waals surface area (Å²) in [6.07, 6.45) is 2.50. The van der Waals surface area contributed by atoms with E-state index in [4.69, 9.17) is 4.74 Å². The molecule has 0 amide bonds. The first kappa shape index (κ1) is 27.9. The van der Waals surface area contributed by atoms with E-state index in [9.17, 15) is 9.59 Å². The maximum Gasteiger partial charge on any atom is 0.162 e. The summed E-state index contributed by atoms with van der Waals surface area (Å²) >= 11 is 10.9. The maximum atomic E-state index is 13.9. The number of benzene rings is 2. The van der Waals surface area contributed by atoms with Gasteiger partial charge in [0.05, 0.1) is 4.47 Å². The molecular formula is C31H32Br3NO3. The molecule has 5 rings (SSSR count). The van der Waals surface area contributed by atoms with Gasteiger partial charge in [0, 0.05) is 62.9 Å².